The van der Waals surface area contributed by atoms with E-state index in [4.69, 9.17) is 4.74 Å². The Kier molecular flexibility index (Phi) is 2.99. The van der Waals surface area contributed by atoms with Crippen LogP contribution in [0.25, 0.3) is 0 Å². The summed E-state index contributed by atoms with van der Waals surface area (Å²) < 4.78 is 18.8. The van der Waals surface area contributed by atoms with E-state index in [1.807, 2.05) is 0 Å². The maximum absolute atomic E-state index is 13.4. The number of carbonyl (C=O) groups is 2. The van der Waals surface area contributed by atoms with Crippen LogP contribution in [-0.2, 0) is 4.79 Å². The van der Waals surface area contributed by atoms with Gasteiger partial charge >= 0.3 is 0 Å². The molecule has 0 heterocycles. The topological polar surface area (TPSA) is 43.4 Å². The highest BCUT2D eigenvalue weighted by Crippen LogP contribution is 2.24. The molecule has 0 spiro atoms. The monoisotopic (exact) mass is 222 g/mol. The van der Waals surface area contributed by atoms with Crippen LogP contribution >= 0.6 is 0 Å². The number of halogens is 1. The first-order valence-electron chi connectivity index (χ1n) is 5.12. The van der Waals surface area contributed by atoms with Crippen molar-refractivity contribution in [2.45, 2.75) is 25.4 Å². The second kappa shape index (κ2) is 4.43. The number of carbonyl (C=O) groups excluding carboxylic acids is 2. The molecule has 2 rings (SSSR count). The van der Waals surface area contributed by atoms with Crippen LogP contribution in [0.3, 0.4) is 0 Å². The van der Waals surface area contributed by atoms with Gasteiger partial charge in [0.15, 0.2) is 11.6 Å². The van der Waals surface area contributed by atoms with Crippen molar-refractivity contribution in [2.24, 2.45) is 0 Å². The molecule has 1 aromatic rings. The van der Waals surface area contributed by atoms with Crippen molar-refractivity contribution in [1.29, 1.82) is 0 Å². The summed E-state index contributed by atoms with van der Waals surface area (Å²) in [4.78, 5) is 21.4. The smallest absolute Gasteiger partial charge is 0.165 e. The summed E-state index contributed by atoms with van der Waals surface area (Å²) in [6.07, 6.45) is 1.82. The summed E-state index contributed by atoms with van der Waals surface area (Å²) in [5.41, 5.74) is 0.271. The van der Waals surface area contributed by atoms with Crippen LogP contribution in [0.4, 0.5) is 4.39 Å². The van der Waals surface area contributed by atoms with Gasteiger partial charge in [-0.25, -0.2) is 4.39 Å². The number of benzene rings is 1. The molecule has 16 heavy (non-hydrogen) atoms. The van der Waals surface area contributed by atoms with Crippen LogP contribution in [0.1, 0.15) is 29.6 Å². The zero-order valence-electron chi connectivity index (χ0n) is 8.61. The fourth-order valence-corrected chi connectivity index (χ4v) is 1.75. The predicted octanol–water partition coefficient (Wildman–Crippen LogP) is 2.14. The van der Waals surface area contributed by atoms with Crippen LogP contribution in [-0.4, -0.2) is 18.2 Å². The van der Waals surface area contributed by atoms with Crippen LogP contribution < -0.4 is 4.74 Å². The first-order valence-corrected chi connectivity index (χ1v) is 5.12. The summed E-state index contributed by atoms with van der Waals surface area (Å²) in [5.74, 6) is -0.316. The standard InChI is InChI=1S/C12H11FO3/c13-11-5-8(7-14)1-4-12(11)16-10-3-2-9(15)6-10/h1,4-5,7,10H,2-3,6H2. The Morgan fingerprint density at radius 2 is 2.25 bits per heavy atom. The van der Waals surface area contributed by atoms with Gasteiger partial charge in [0.05, 0.1) is 0 Å². The zero-order valence-corrected chi connectivity index (χ0v) is 8.61. The lowest BCUT2D eigenvalue weighted by Gasteiger charge is -2.12. The third-order valence-corrected chi connectivity index (χ3v) is 2.59. The lowest BCUT2D eigenvalue weighted by molar-refractivity contribution is -0.117. The molecule has 0 radical (unpaired) electrons. The Labute approximate surface area is 92.2 Å². The maximum Gasteiger partial charge on any atom is 0.165 e. The molecule has 1 aliphatic rings. The number of Topliss-reactive ketones (excluding diaryl/α,β-unsaturated/α-hetero) is 1. The molecule has 1 saturated carbocycles. The average molecular weight is 222 g/mol. The minimum Gasteiger partial charge on any atom is -0.487 e. The quantitative estimate of drug-likeness (QED) is 0.736. The molecule has 0 N–H and O–H groups in total. The van der Waals surface area contributed by atoms with E-state index in [0.29, 0.717) is 25.5 Å². The molecule has 1 aromatic carbocycles. The molecule has 1 fully saturated rings. The van der Waals surface area contributed by atoms with Crippen molar-refractivity contribution < 1.29 is 18.7 Å². The molecule has 4 heteroatoms. The fraction of sp³-hybridized carbons (Fsp3) is 0.333. The lowest BCUT2D eigenvalue weighted by Crippen LogP contribution is -2.13. The van der Waals surface area contributed by atoms with E-state index in [1.54, 1.807) is 0 Å². The molecule has 3 nitrogen and oxygen atoms in total. The Balaban J connectivity index is 2.09. The first kappa shape index (κ1) is 10.8. The van der Waals surface area contributed by atoms with Crippen molar-refractivity contribution in [3.63, 3.8) is 0 Å². The summed E-state index contributed by atoms with van der Waals surface area (Å²) in [5, 5.41) is 0. The van der Waals surface area contributed by atoms with Gasteiger partial charge in [-0.3, -0.25) is 9.59 Å². The lowest BCUT2D eigenvalue weighted by atomic mass is 10.2. The second-order valence-electron chi connectivity index (χ2n) is 3.83. The molecule has 84 valence electrons. The highest BCUT2D eigenvalue weighted by atomic mass is 19.1. The van der Waals surface area contributed by atoms with Crippen molar-refractivity contribution >= 4 is 12.1 Å². The zero-order chi connectivity index (χ0) is 11.5. The number of hydrogen-bond donors (Lipinski definition) is 0. The Hall–Kier alpha value is -1.71. The summed E-state index contributed by atoms with van der Waals surface area (Å²) >= 11 is 0. The van der Waals surface area contributed by atoms with Crippen LogP contribution in [0.5, 0.6) is 5.75 Å². The Morgan fingerprint density at radius 3 is 2.81 bits per heavy atom. The molecule has 0 aromatic heterocycles. The van der Waals surface area contributed by atoms with E-state index in [1.165, 1.54) is 12.1 Å². The van der Waals surface area contributed by atoms with Gasteiger partial charge in [0.25, 0.3) is 0 Å². The molecule has 0 aliphatic heterocycles. The number of ketones is 1. The number of hydrogen-bond acceptors (Lipinski definition) is 3. The van der Waals surface area contributed by atoms with E-state index >= 15 is 0 Å². The molecule has 1 aliphatic carbocycles. The molecule has 0 amide bonds. The van der Waals surface area contributed by atoms with Gasteiger partial charge in [0.2, 0.25) is 0 Å². The number of aldehydes is 1. The fourth-order valence-electron chi connectivity index (χ4n) is 1.75. The van der Waals surface area contributed by atoms with Crippen molar-refractivity contribution in [3.05, 3.63) is 29.6 Å². The SMILES string of the molecule is O=Cc1ccc(OC2CCC(=O)C2)c(F)c1. The number of rotatable bonds is 3. The van der Waals surface area contributed by atoms with Crippen molar-refractivity contribution in [2.75, 3.05) is 0 Å². The van der Waals surface area contributed by atoms with Gasteiger partial charge in [0, 0.05) is 18.4 Å². The van der Waals surface area contributed by atoms with Gasteiger partial charge < -0.3 is 4.74 Å². The van der Waals surface area contributed by atoms with Gasteiger partial charge in [0.1, 0.15) is 18.2 Å². The normalized spacial score (nSPS) is 19.8. The third-order valence-electron chi connectivity index (χ3n) is 2.59. The molecule has 1 unspecified atom stereocenters. The minimum absolute atomic E-state index is 0.102. The highest BCUT2D eigenvalue weighted by Gasteiger charge is 2.24. The summed E-state index contributed by atoms with van der Waals surface area (Å²) in [6, 6.07) is 4.03. The molecule has 0 saturated heterocycles. The van der Waals surface area contributed by atoms with Gasteiger partial charge in [-0.2, -0.15) is 0 Å². The van der Waals surface area contributed by atoms with Crippen LogP contribution in [0.15, 0.2) is 18.2 Å². The largest absolute Gasteiger partial charge is 0.487 e. The Morgan fingerprint density at radius 1 is 1.44 bits per heavy atom. The number of ether oxygens (including phenoxy) is 1. The van der Waals surface area contributed by atoms with Crippen LogP contribution in [0, 0.1) is 5.82 Å². The van der Waals surface area contributed by atoms with E-state index in [0.717, 1.165) is 6.07 Å². The van der Waals surface area contributed by atoms with Gasteiger partial charge in [-0.05, 0) is 24.6 Å². The molecule has 1 atom stereocenters. The first-order chi connectivity index (χ1) is 7.69. The van der Waals surface area contributed by atoms with Gasteiger partial charge in [-0.1, -0.05) is 0 Å². The van der Waals surface area contributed by atoms with Gasteiger partial charge in [-0.15, -0.1) is 0 Å². The predicted molar refractivity (Wildman–Crippen MR) is 55.1 cm³/mol. The third kappa shape index (κ3) is 2.27. The molecular formula is C12H11FO3. The molecular weight excluding hydrogens is 211 g/mol. The molecule has 0 bridgehead atoms. The highest BCUT2D eigenvalue weighted by molar-refractivity contribution is 5.81. The summed E-state index contributed by atoms with van der Waals surface area (Å²) in [6.45, 7) is 0. The van der Waals surface area contributed by atoms with E-state index in [9.17, 15) is 14.0 Å². The summed E-state index contributed by atoms with van der Waals surface area (Å²) in [7, 11) is 0. The van der Waals surface area contributed by atoms with E-state index in [-0.39, 0.29) is 23.2 Å². The second-order valence-corrected chi connectivity index (χ2v) is 3.83. The van der Waals surface area contributed by atoms with Crippen LogP contribution in [0.2, 0.25) is 0 Å². The van der Waals surface area contributed by atoms with E-state index in [2.05, 4.69) is 0 Å². The average Bonchev–Trinajstić information content (AvgIpc) is 2.67. The van der Waals surface area contributed by atoms with Crippen molar-refractivity contribution in [3.8, 4) is 5.75 Å². The van der Waals surface area contributed by atoms with Crippen molar-refractivity contribution in [1.82, 2.24) is 0 Å². The minimum atomic E-state index is -0.566. The maximum atomic E-state index is 13.4. The Bertz CT molecular complexity index is 428. The van der Waals surface area contributed by atoms with E-state index < -0.39 is 5.82 Å².